The van der Waals surface area contributed by atoms with Crippen molar-refractivity contribution in [1.82, 2.24) is 15.0 Å². The van der Waals surface area contributed by atoms with E-state index in [-0.39, 0.29) is 30.2 Å². The van der Waals surface area contributed by atoms with Crippen LogP contribution in [0, 0.1) is 5.92 Å². The second-order valence-electron chi connectivity index (χ2n) is 8.87. The van der Waals surface area contributed by atoms with Crippen LogP contribution in [0.3, 0.4) is 0 Å². The van der Waals surface area contributed by atoms with Crippen molar-refractivity contribution in [1.29, 1.82) is 0 Å². The van der Waals surface area contributed by atoms with Crippen LogP contribution in [0.4, 0.5) is 17.2 Å². The number of ether oxygens (including phenoxy) is 2. The minimum Gasteiger partial charge on any atom is -0.507 e. The molecule has 1 saturated heterocycles. The average molecular weight is 494 g/mol. The Morgan fingerprint density at radius 3 is 2.72 bits per heavy atom. The van der Waals surface area contributed by atoms with Crippen molar-refractivity contribution in [2.24, 2.45) is 17.5 Å². The van der Waals surface area contributed by atoms with E-state index in [9.17, 15) is 9.90 Å². The standard InChI is InChI=1S/C25H31N7O4/c1-15(2)20(26)11-32(27)12-23(34)30-16-3-5-17(6-4-16)31-25-24-21(28-14-29-25)9-19(10-22(24)33)36-18-7-8-35-13-18/h3-6,9-11,14-15,18,33H,7-8,12-13,26-27H2,1-2H3,(H,30,34)(H,28,29,31)/b20-11-/t18-/m0/s1. The van der Waals surface area contributed by atoms with Crippen LogP contribution in [0.25, 0.3) is 10.9 Å². The van der Waals surface area contributed by atoms with Crippen LogP contribution in [0.5, 0.6) is 11.5 Å². The van der Waals surface area contributed by atoms with Crippen molar-refractivity contribution in [3.05, 3.63) is 54.6 Å². The number of allylic oxidation sites excluding steroid dienone is 1. The fourth-order valence-corrected chi connectivity index (χ4v) is 3.63. The first-order chi connectivity index (χ1) is 17.3. The molecule has 1 aliphatic heterocycles. The van der Waals surface area contributed by atoms with Crippen LogP contribution < -0.4 is 26.9 Å². The molecule has 36 heavy (non-hydrogen) atoms. The van der Waals surface area contributed by atoms with Crippen LogP contribution in [0.2, 0.25) is 0 Å². The number of amides is 1. The maximum absolute atomic E-state index is 12.3. The van der Waals surface area contributed by atoms with E-state index in [1.165, 1.54) is 11.3 Å². The summed E-state index contributed by atoms with van der Waals surface area (Å²) in [6, 6.07) is 10.4. The molecule has 0 bridgehead atoms. The van der Waals surface area contributed by atoms with Gasteiger partial charge in [0.05, 0.1) is 24.1 Å². The second kappa shape index (κ2) is 11.1. The third kappa shape index (κ3) is 6.32. The lowest BCUT2D eigenvalue weighted by atomic mass is 10.1. The van der Waals surface area contributed by atoms with Crippen LogP contribution in [0.15, 0.2) is 54.6 Å². The Morgan fingerprint density at radius 2 is 2.03 bits per heavy atom. The summed E-state index contributed by atoms with van der Waals surface area (Å²) in [6.45, 7) is 5.04. The Morgan fingerprint density at radius 1 is 1.28 bits per heavy atom. The lowest BCUT2D eigenvalue weighted by Gasteiger charge is -2.16. The maximum Gasteiger partial charge on any atom is 0.245 e. The number of nitrogens with zero attached hydrogens (tertiary/aromatic N) is 3. The lowest BCUT2D eigenvalue weighted by molar-refractivity contribution is -0.116. The molecule has 2 aromatic carbocycles. The molecule has 1 aliphatic rings. The number of hydrazine groups is 1. The predicted octanol–water partition coefficient (Wildman–Crippen LogP) is 2.82. The minimum atomic E-state index is -0.278. The summed E-state index contributed by atoms with van der Waals surface area (Å²) in [5, 5.41) is 18.4. The van der Waals surface area contributed by atoms with Crippen molar-refractivity contribution in [2.45, 2.75) is 26.4 Å². The van der Waals surface area contributed by atoms with Gasteiger partial charge >= 0.3 is 0 Å². The van der Waals surface area contributed by atoms with E-state index >= 15 is 0 Å². The summed E-state index contributed by atoms with van der Waals surface area (Å²) in [5.41, 5.74) is 8.33. The SMILES string of the molecule is CC(C)/C(N)=C/N(N)CC(=O)Nc1ccc(Nc2ncnc3cc(O[C@H]4CCOC4)cc(O)c23)cc1. The molecule has 1 fully saturated rings. The van der Waals surface area contributed by atoms with Crippen molar-refractivity contribution in [2.75, 3.05) is 30.4 Å². The fourth-order valence-electron chi connectivity index (χ4n) is 3.63. The van der Waals surface area contributed by atoms with E-state index in [2.05, 4.69) is 20.6 Å². The summed E-state index contributed by atoms with van der Waals surface area (Å²) < 4.78 is 11.2. The van der Waals surface area contributed by atoms with Gasteiger partial charge in [-0.15, -0.1) is 0 Å². The van der Waals surface area contributed by atoms with Crippen LogP contribution >= 0.6 is 0 Å². The van der Waals surface area contributed by atoms with Crippen LogP contribution in [-0.2, 0) is 9.53 Å². The number of nitrogens with one attached hydrogen (secondary N) is 2. The molecular weight excluding hydrogens is 462 g/mol. The van der Waals surface area contributed by atoms with Gasteiger partial charge in [-0.3, -0.25) is 4.79 Å². The average Bonchev–Trinajstić information content (AvgIpc) is 3.33. The highest BCUT2D eigenvalue weighted by molar-refractivity contribution is 5.96. The number of hydrogen-bond donors (Lipinski definition) is 5. The summed E-state index contributed by atoms with van der Waals surface area (Å²) in [4.78, 5) is 20.9. The van der Waals surface area contributed by atoms with Crippen molar-refractivity contribution < 1.29 is 19.4 Å². The Bertz CT molecular complexity index is 1240. The molecule has 7 N–H and O–H groups in total. The number of carbonyl (C=O) groups is 1. The van der Waals surface area contributed by atoms with Gasteiger partial charge < -0.3 is 36.0 Å². The number of anilines is 3. The molecule has 0 spiro atoms. The van der Waals surface area contributed by atoms with Gasteiger partial charge in [-0.1, -0.05) is 13.8 Å². The molecule has 11 heteroatoms. The topological polar surface area (TPSA) is 161 Å². The number of nitrogens with two attached hydrogens (primary N) is 2. The first kappa shape index (κ1) is 25.0. The molecule has 0 aliphatic carbocycles. The van der Waals surface area contributed by atoms with Gasteiger partial charge in [0.1, 0.15) is 36.3 Å². The molecular formula is C25H31N7O4. The minimum absolute atomic E-state index is 0.00638. The number of hydrogen-bond acceptors (Lipinski definition) is 10. The van der Waals surface area contributed by atoms with E-state index in [0.29, 0.717) is 52.8 Å². The van der Waals surface area contributed by atoms with Gasteiger partial charge in [-0.25, -0.2) is 15.8 Å². The highest BCUT2D eigenvalue weighted by atomic mass is 16.5. The van der Waals surface area contributed by atoms with Crippen molar-refractivity contribution >= 4 is 34.0 Å². The molecule has 0 unspecified atom stereocenters. The number of phenolic OH excluding ortho intramolecular Hbond substituents is 1. The number of aromatic hydroxyl groups is 1. The fraction of sp³-hybridized carbons (Fsp3) is 0.320. The Hall–Kier alpha value is -4.09. The van der Waals surface area contributed by atoms with Crippen molar-refractivity contribution in [3.63, 3.8) is 0 Å². The van der Waals surface area contributed by atoms with Gasteiger partial charge in [0.15, 0.2) is 0 Å². The van der Waals surface area contributed by atoms with E-state index in [1.54, 1.807) is 42.6 Å². The molecule has 3 aromatic rings. The highest BCUT2D eigenvalue weighted by Gasteiger charge is 2.19. The first-order valence-corrected chi connectivity index (χ1v) is 11.7. The molecule has 4 rings (SSSR count). The van der Waals surface area contributed by atoms with Gasteiger partial charge in [-0.2, -0.15) is 0 Å². The molecule has 1 atom stereocenters. The molecule has 190 valence electrons. The third-order valence-corrected chi connectivity index (χ3v) is 5.62. The quantitative estimate of drug-likeness (QED) is 0.221. The third-order valence-electron chi connectivity index (χ3n) is 5.62. The zero-order valence-electron chi connectivity index (χ0n) is 20.3. The number of aromatic nitrogens is 2. The van der Waals surface area contributed by atoms with E-state index in [4.69, 9.17) is 21.1 Å². The van der Waals surface area contributed by atoms with Gasteiger partial charge in [0.2, 0.25) is 5.91 Å². The van der Waals surface area contributed by atoms with Gasteiger partial charge in [-0.05, 0) is 30.2 Å². The zero-order valence-corrected chi connectivity index (χ0v) is 20.3. The van der Waals surface area contributed by atoms with Crippen molar-refractivity contribution in [3.8, 4) is 11.5 Å². The summed E-state index contributed by atoms with van der Waals surface area (Å²) in [5.74, 6) is 6.68. The molecule has 11 nitrogen and oxygen atoms in total. The number of benzene rings is 2. The molecule has 0 radical (unpaired) electrons. The lowest BCUT2D eigenvalue weighted by Crippen LogP contribution is -2.35. The first-order valence-electron chi connectivity index (χ1n) is 11.7. The molecule has 2 heterocycles. The van der Waals surface area contributed by atoms with Crippen LogP contribution in [0.1, 0.15) is 20.3 Å². The molecule has 0 saturated carbocycles. The Labute approximate surface area is 209 Å². The molecule has 1 amide bonds. The second-order valence-corrected chi connectivity index (χ2v) is 8.87. The zero-order chi connectivity index (χ0) is 25.7. The van der Waals surface area contributed by atoms with E-state index in [1.807, 2.05) is 13.8 Å². The summed E-state index contributed by atoms with van der Waals surface area (Å²) >= 11 is 0. The largest absolute Gasteiger partial charge is 0.507 e. The molecule has 1 aromatic heterocycles. The number of carbonyl (C=O) groups excluding carboxylic acids is 1. The number of phenols is 1. The normalized spacial score (nSPS) is 15.8. The van der Waals surface area contributed by atoms with E-state index in [0.717, 1.165) is 6.42 Å². The predicted molar refractivity (Wildman–Crippen MR) is 137 cm³/mol. The van der Waals surface area contributed by atoms with Gasteiger partial charge in [0.25, 0.3) is 0 Å². The smallest absolute Gasteiger partial charge is 0.245 e. The Kier molecular flexibility index (Phi) is 7.71. The summed E-state index contributed by atoms with van der Waals surface area (Å²) in [6.07, 6.45) is 3.74. The number of fused-ring (bicyclic) bond motifs is 1. The summed E-state index contributed by atoms with van der Waals surface area (Å²) in [7, 11) is 0. The Balaban J connectivity index is 1.41. The van der Waals surface area contributed by atoms with Gasteiger partial charge in [0, 0.05) is 41.8 Å². The highest BCUT2D eigenvalue weighted by Crippen LogP contribution is 2.35. The monoisotopic (exact) mass is 493 g/mol. The van der Waals surface area contributed by atoms with Crippen LogP contribution in [-0.4, -0.2) is 51.9 Å². The van der Waals surface area contributed by atoms with E-state index < -0.39 is 0 Å². The number of rotatable bonds is 9. The maximum atomic E-state index is 12.3.